The maximum absolute atomic E-state index is 12.0. The van der Waals surface area contributed by atoms with Crippen molar-refractivity contribution in [1.29, 1.82) is 0 Å². The zero-order valence-corrected chi connectivity index (χ0v) is 14.4. The molecule has 0 fully saturated rings. The molecular weight excluding hydrogens is 344 g/mol. The number of rotatable bonds is 3. The molecule has 0 atom stereocenters. The lowest BCUT2D eigenvalue weighted by Crippen LogP contribution is -2.01. The Morgan fingerprint density at radius 3 is 2.44 bits per heavy atom. The predicted octanol–water partition coefficient (Wildman–Crippen LogP) is 4.08. The van der Waals surface area contributed by atoms with Crippen LogP contribution < -0.4 is 5.43 Å². The Balaban J connectivity index is 1.99. The molecular formula is C21H16N2O4. The first-order valence-electron chi connectivity index (χ1n) is 8.32. The third-order valence-corrected chi connectivity index (χ3v) is 4.14. The zero-order valence-electron chi connectivity index (χ0n) is 14.4. The molecule has 6 nitrogen and oxygen atoms in total. The molecule has 0 bridgehead atoms. The van der Waals surface area contributed by atoms with Crippen molar-refractivity contribution in [2.24, 2.45) is 0 Å². The van der Waals surface area contributed by atoms with Gasteiger partial charge < -0.3 is 19.6 Å². The van der Waals surface area contributed by atoms with Gasteiger partial charge in [0.2, 0.25) is 11.2 Å². The number of benzene rings is 2. The minimum Gasteiger partial charge on any atom is -0.508 e. The van der Waals surface area contributed by atoms with E-state index in [1.807, 2.05) is 30.3 Å². The summed E-state index contributed by atoms with van der Waals surface area (Å²) in [4.78, 5) is 19.8. The van der Waals surface area contributed by atoms with Gasteiger partial charge in [0, 0.05) is 17.2 Å². The highest BCUT2D eigenvalue weighted by atomic mass is 16.4. The van der Waals surface area contributed by atoms with Crippen molar-refractivity contribution >= 4 is 0 Å². The molecule has 0 radical (unpaired) electrons. The van der Waals surface area contributed by atoms with Gasteiger partial charge in [0.05, 0.1) is 0 Å². The Bertz CT molecular complexity index is 1180. The van der Waals surface area contributed by atoms with Crippen molar-refractivity contribution in [2.45, 2.75) is 6.92 Å². The van der Waals surface area contributed by atoms with Crippen LogP contribution in [0.15, 0.2) is 69.9 Å². The minimum absolute atomic E-state index is 0.0257. The van der Waals surface area contributed by atoms with Crippen molar-refractivity contribution in [3.63, 3.8) is 0 Å². The molecule has 0 unspecified atom stereocenters. The van der Waals surface area contributed by atoms with Gasteiger partial charge in [0.15, 0.2) is 5.76 Å². The number of imidazole rings is 1. The number of nitrogens with zero attached hydrogens (tertiary/aromatic N) is 1. The van der Waals surface area contributed by atoms with Gasteiger partial charge in [0.25, 0.3) is 0 Å². The molecule has 2 heterocycles. The van der Waals surface area contributed by atoms with Crippen LogP contribution in [0.3, 0.4) is 0 Å². The second-order valence-electron chi connectivity index (χ2n) is 6.12. The summed E-state index contributed by atoms with van der Waals surface area (Å²) < 4.78 is 5.64. The Morgan fingerprint density at radius 1 is 0.963 bits per heavy atom. The van der Waals surface area contributed by atoms with Gasteiger partial charge in [0.1, 0.15) is 28.7 Å². The van der Waals surface area contributed by atoms with Crippen LogP contribution in [-0.4, -0.2) is 20.2 Å². The van der Waals surface area contributed by atoms with Crippen LogP contribution in [-0.2, 0) is 0 Å². The van der Waals surface area contributed by atoms with Crippen molar-refractivity contribution in [1.82, 2.24) is 9.97 Å². The molecule has 0 saturated carbocycles. The summed E-state index contributed by atoms with van der Waals surface area (Å²) in [6.07, 6.45) is 0. The lowest BCUT2D eigenvalue weighted by atomic mass is 10.1. The molecule has 0 aliphatic heterocycles. The number of H-pyrrole nitrogens is 1. The summed E-state index contributed by atoms with van der Waals surface area (Å²) in [6.45, 7) is 1.64. The van der Waals surface area contributed by atoms with E-state index in [-0.39, 0.29) is 11.5 Å². The summed E-state index contributed by atoms with van der Waals surface area (Å²) in [5.41, 5.74) is 1.84. The van der Waals surface area contributed by atoms with Gasteiger partial charge in [-0.25, -0.2) is 4.98 Å². The summed E-state index contributed by atoms with van der Waals surface area (Å²) in [5, 5.41) is 20.0. The van der Waals surface area contributed by atoms with Crippen molar-refractivity contribution in [2.75, 3.05) is 0 Å². The van der Waals surface area contributed by atoms with Crippen LogP contribution in [0, 0.1) is 6.92 Å². The minimum atomic E-state index is -0.527. The van der Waals surface area contributed by atoms with Gasteiger partial charge in [-0.15, -0.1) is 0 Å². The summed E-state index contributed by atoms with van der Waals surface area (Å²) >= 11 is 0. The highest BCUT2D eigenvalue weighted by Gasteiger charge is 2.21. The van der Waals surface area contributed by atoms with E-state index in [2.05, 4.69) is 9.97 Å². The highest BCUT2D eigenvalue weighted by molar-refractivity contribution is 5.81. The molecule has 2 aromatic carbocycles. The molecule has 4 rings (SSSR count). The van der Waals surface area contributed by atoms with Gasteiger partial charge in [-0.3, -0.25) is 4.79 Å². The second-order valence-corrected chi connectivity index (χ2v) is 6.12. The fourth-order valence-corrected chi connectivity index (χ4v) is 2.91. The van der Waals surface area contributed by atoms with Crippen LogP contribution in [0.4, 0.5) is 0 Å². The van der Waals surface area contributed by atoms with Crippen LogP contribution in [0.1, 0.15) is 5.76 Å². The van der Waals surface area contributed by atoms with Crippen LogP contribution in [0.5, 0.6) is 11.5 Å². The monoisotopic (exact) mass is 360 g/mol. The average Bonchev–Trinajstić information content (AvgIpc) is 3.10. The molecule has 0 amide bonds. The van der Waals surface area contributed by atoms with Crippen LogP contribution in [0.25, 0.3) is 34.1 Å². The van der Waals surface area contributed by atoms with Gasteiger partial charge in [-0.2, -0.15) is 0 Å². The highest BCUT2D eigenvalue weighted by Crippen LogP contribution is 2.36. The Labute approximate surface area is 154 Å². The topological polar surface area (TPSA) is 99.3 Å². The quantitative estimate of drug-likeness (QED) is 0.511. The zero-order chi connectivity index (χ0) is 19.0. The Hall–Kier alpha value is -3.80. The van der Waals surface area contributed by atoms with E-state index >= 15 is 0 Å². The summed E-state index contributed by atoms with van der Waals surface area (Å²) in [6, 6.07) is 17.2. The Morgan fingerprint density at radius 2 is 1.70 bits per heavy atom. The summed E-state index contributed by atoms with van der Waals surface area (Å²) in [7, 11) is 0. The van der Waals surface area contributed by atoms with E-state index in [4.69, 9.17) is 4.42 Å². The van der Waals surface area contributed by atoms with Crippen molar-refractivity contribution < 1.29 is 14.6 Å². The number of aromatic amines is 1. The third kappa shape index (κ3) is 3.08. The van der Waals surface area contributed by atoms with Gasteiger partial charge in [-0.1, -0.05) is 42.5 Å². The SMILES string of the molecule is Cc1cc(=O)c(O)c(-c2[nH]c(-c3cccc(O)c3)nc2-c2ccccc2)o1. The molecule has 0 aliphatic carbocycles. The van der Waals surface area contributed by atoms with Crippen LogP contribution in [0.2, 0.25) is 0 Å². The number of aryl methyl sites for hydroxylation is 1. The smallest absolute Gasteiger partial charge is 0.227 e. The van der Waals surface area contributed by atoms with Gasteiger partial charge >= 0.3 is 0 Å². The Kier molecular flexibility index (Phi) is 4.01. The second kappa shape index (κ2) is 6.49. The van der Waals surface area contributed by atoms with E-state index < -0.39 is 11.2 Å². The number of hydrogen-bond donors (Lipinski definition) is 3. The van der Waals surface area contributed by atoms with E-state index in [0.29, 0.717) is 28.5 Å². The first-order chi connectivity index (χ1) is 13.0. The molecule has 4 aromatic rings. The fourth-order valence-electron chi connectivity index (χ4n) is 2.91. The van der Waals surface area contributed by atoms with Gasteiger partial charge in [-0.05, 0) is 19.1 Å². The average molecular weight is 360 g/mol. The molecule has 27 heavy (non-hydrogen) atoms. The third-order valence-electron chi connectivity index (χ3n) is 4.14. The molecule has 0 aliphatic rings. The number of hydrogen-bond acceptors (Lipinski definition) is 5. The molecule has 0 saturated heterocycles. The maximum Gasteiger partial charge on any atom is 0.227 e. The molecule has 134 valence electrons. The lowest BCUT2D eigenvalue weighted by Gasteiger charge is -2.05. The number of aromatic nitrogens is 2. The standard InChI is InChI=1S/C21H16N2O4/c1-12-10-16(25)19(26)20(27-12)18-17(13-6-3-2-4-7-13)22-21(23-18)14-8-5-9-15(24)11-14/h2-11,24,26H,1H3,(H,22,23). The predicted molar refractivity (Wildman–Crippen MR) is 101 cm³/mol. The van der Waals surface area contributed by atoms with E-state index in [1.165, 1.54) is 6.07 Å². The lowest BCUT2D eigenvalue weighted by molar-refractivity contribution is 0.429. The molecule has 3 N–H and O–H groups in total. The largest absolute Gasteiger partial charge is 0.508 e. The fraction of sp³-hybridized carbons (Fsp3) is 0.0476. The normalized spacial score (nSPS) is 10.9. The van der Waals surface area contributed by atoms with Crippen molar-refractivity contribution in [3.8, 4) is 45.6 Å². The number of aromatic hydroxyl groups is 2. The van der Waals surface area contributed by atoms with Crippen molar-refractivity contribution in [3.05, 3.63) is 76.6 Å². The number of nitrogens with one attached hydrogen (secondary N) is 1. The molecule has 2 aromatic heterocycles. The van der Waals surface area contributed by atoms with E-state index in [1.54, 1.807) is 31.2 Å². The van der Waals surface area contributed by atoms with E-state index in [9.17, 15) is 15.0 Å². The number of phenolic OH excluding ortho intramolecular Hbond substituents is 1. The number of phenols is 1. The maximum atomic E-state index is 12.0. The summed E-state index contributed by atoms with van der Waals surface area (Å²) in [5.74, 6) is 0.502. The molecule has 0 spiro atoms. The van der Waals surface area contributed by atoms with Crippen LogP contribution >= 0.6 is 0 Å². The molecule has 6 heteroatoms. The first kappa shape index (κ1) is 16.7. The van der Waals surface area contributed by atoms with E-state index in [0.717, 1.165) is 5.56 Å². The first-order valence-corrected chi connectivity index (χ1v) is 8.32.